The fourth-order valence-corrected chi connectivity index (χ4v) is 2.86. The van der Waals surface area contributed by atoms with Crippen LogP contribution in [0.25, 0.3) is 0 Å². The van der Waals surface area contributed by atoms with Gasteiger partial charge in [-0.15, -0.1) is 0 Å². The minimum absolute atomic E-state index is 0.0264. The van der Waals surface area contributed by atoms with E-state index in [0.29, 0.717) is 23.6 Å². The third-order valence-electron chi connectivity index (χ3n) is 4.30. The molecule has 1 N–H and O–H groups in total. The number of esters is 1. The average Bonchev–Trinajstić information content (AvgIpc) is 2.69. The van der Waals surface area contributed by atoms with Crippen LogP contribution in [0.15, 0.2) is 39.9 Å². The quantitative estimate of drug-likeness (QED) is 0.438. The van der Waals surface area contributed by atoms with E-state index in [1.54, 1.807) is 31.4 Å². The molecule has 8 nitrogen and oxygen atoms in total. The molecule has 1 heterocycles. The van der Waals surface area contributed by atoms with Crippen LogP contribution >= 0.6 is 11.6 Å². The first-order chi connectivity index (χ1) is 13.9. The van der Waals surface area contributed by atoms with E-state index in [1.807, 2.05) is 0 Å². The topological polar surface area (TPSA) is 99.8 Å². The van der Waals surface area contributed by atoms with Crippen LogP contribution in [0.2, 0.25) is 5.02 Å². The molecule has 0 amide bonds. The molecule has 0 radical (unpaired) electrons. The fraction of sp³-hybridized carbons (Fsp3) is 0.450. The Balaban J connectivity index is 1.99. The van der Waals surface area contributed by atoms with Crippen molar-refractivity contribution in [1.82, 2.24) is 9.13 Å². The van der Waals surface area contributed by atoms with Gasteiger partial charge in [-0.05, 0) is 37.0 Å². The lowest BCUT2D eigenvalue weighted by Gasteiger charge is -2.12. The summed E-state index contributed by atoms with van der Waals surface area (Å²) in [4.78, 5) is 36.7. The summed E-state index contributed by atoms with van der Waals surface area (Å²) in [5.74, 6) is -1.15. The van der Waals surface area contributed by atoms with E-state index in [4.69, 9.17) is 21.1 Å². The van der Waals surface area contributed by atoms with Gasteiger partial charge >= 0.3 is 11.7 Å². The summed E-state index contributed by atoms with van der Waals surface area (Å²) in [6.45, 7) is 0.435. The zero-order valence-corrected chi connectivity index (χ0v) is 17.1. The number of halogens is 1. The number of hydrogen-bond donors (Lipinski definition) is 1. The highest BCUT2D eigenvalue weighted by molar-refractivity contribution is 6.30. The Morgan fingerprint density at radius 1 is 1.03 bits per heavy atom. The van der Waals surface area contributed by atoms with Gasteiger partial charge in [0.15, 0.2) is 0 Å². The Labute approximate surface area is 173 Å². The summed E-state index contributed by atoms with van der Waals surface area (Å²) in [5.41, 5.74) is -0.856. The third kappa shape index (κ3) is 7.07. The number of unbranched alkanes of at least 4 members (excludes halogenated alkanes) is 3. The van der Waals surface area contributed by atoms with E-state index < -0.39 is 29.6 Å². The minimum Gasteiger partial charge on any atom is -0.494 e. The van der Waals surface area contributed by atoms with Gasteiger partial charge in [-0.3, -0.25) is 14.2 Å². The van der Waals surface area contributed by atoms with Crippen LogP contribution in [0.1, 0.15) is 31.2 Å². The lowest BCUT2D eigenvalue weighted by molar-refractivity contribution is -0.144. The van der Waals surface area contributed by atoms with Gasteiger partial charge in [0.25, 0.3) is 5.56 Å². The van der Waals surface area contributed by atoms with Crippen molar-refractivity contribution in [2.45, 2.75) is 38.8 Å². The Morgan fingerprint density at radius 2 is 1.69 bits per heavy atom. The number of ether oxygens (including phenoxy) is 2. The van der Waals surface area contributed by atoms with Gasteiger partial charge in [0, 0.05) is 18.7 Å². The highest BCUT2D eigenvalue weighted by Crippen LogP contribution is 2.12. The number of aromatic nitrogens is 2. The smallest absolute Gasteiger partial charge is 0.334 e. The first-order valence-corrected chi connectivity index (χ1v) is 9.73. The molecule has 0 spiro atoms. The van der Waals surface area contributed by atoms with Gasteiger partial charge in [-0.2, -0.15) is 0 Å². The second kappa shape index (κ2) is 11.4. The number of rotatable bonds is 11. The monoisotopic (exact) mass is 424 g/mol. The van der Waals surface area contributed by atoms with Crippen molar-refractivity contribution in [1.29, 1.82) is 0 Å². The molecule has 0 unspecified atom stereocenters. The van der Waals surface area contributed by atoms with E-state index in [-0.39, 0.29) is 13.2 Å². The maximum absolute atomic E-state index is 12.6. The molecule has 1 aromatic carbocycles. The molecule has 0 aliphatic carbocycles. The lowest BCUT2D eigenvalue weighted by atomic mass is 10.2. The van der Waals surface area contributed by atoms with E-state index in [9.17, 15) is 19.5 Å². The molecule has 0 fully saturated rings. The van der Waals surface area contributed by atoms with Crippen LogP contribution in [-0.4, -0.2) is 40.5 Å². The Morgan fingerprint density at radius 3 is 2.34 bits per heavy atom. The van der Waals surface area contributed by atoms with E-state index in [0.717, 1.165) is 34.5 Å². The molecule has 0 atom stereocenters. The number of methoxy groups -OCH3 is 1. The normalized spacial score (nSPS) is 10.8. The standard InChI is InChI=1S/C20H25ClN2O6/c1-28-10-4-2-3-5-11-29-19(26)14-23-18(25)12-17(24)22(20(23)27)13-15-6-8-16(21)9-7-15/h6-9,12,24H,2-5,10-11,13-14H2,1H3. The molecule has 0 aliphatic rings. The van der Waals surface area contributed by atoms with E-state index in [1.165, 1.54) is 0 Å². The van der Waals surface area contributed by atoms with Crippen molar-refractivity contribution in [3.05, 3.63) is 61.8 Å². The summed E-state index contributed by atoms with van der Waals surface area (Å²) in [5, 5.41) is 10.5. The van der Waals surface area contributed by atoms with Gasteiger partial charge in [0.05, 0.1) is 19.2 Å². The molecular weight excluding hydrogens is 400 g/mol. The first kappa shape index (κ1) is 22.7. The summed E-state index contributed by atoms with van der Waals surface area (Å²) in [7, 11) is 1.65. The Bertz CT molecular complexity index is 920. The molecule has 0 bridgehead atoms. The molecule has 0 aliphatic heterocycles. The summed E-state index contributed by atoms with van der Waals surface area (Å²) in [6.07, 6.45) is 3.50. The Kier molecular flexibility index (Phi) is 8.95. The second-order valence-corrected chi connectivity index (χ2v) is 6.99. The molecule has 9 heteroatoms. The van der Waals surface area contributed by atoms with Crippen molar-refractivity contribution >= 4 is 17.6 Å². The number of aromatic hydroxyl groups is 1. The molecule has 1 aromatic heterocycles. The summed E-state index contributed by atoms with van der Waals surface area (Å²) in [6, 6.07) is 7.61. The largest absolute Gasteiger partial charge is 0.494 e. The summed E-state index contributed by atoms with van der Waals surface area (Å²) >= 11 is 5.84. The van der Waals surface area contributed by atoms with Gasteiger partial charge in [-0.25, -0.2) is 9.36 Å². The van der Waals surface area contributed by atoms with Crippen LogP contribution in [-0.2, 0) is 27.4 Å². The minimum atomic E-state index is -0.790. The maximum atomic E-state index is 12.6. The van der Waals surface area contributed by atoms with Crippen molar-refractivity contribution in [2.75, 3.05) is 20.3 Å². The number of hydrogen-bond acceptors (Lipinski definition) is 6. The Hall–Kier alpha value is -2.58. The van der Waals surface area contributed by atoms with Gasteiger partial charge < -0.3 is 14.6 Å². The number of carbonyl (C=O) groups is 1. The van der Waals surface area contributed by atoms with Gasteiger partial charge in [0.2, 0.25) is 5.88 Å². The highest BCUT2D eigenvalue weighted by atomic mass is 35.5. The number of benzene rings is 1. The highest BCUT2D eigenvalue weighted by Gasteiger charge is 2.15. The lowest BCUT2D eigenvalue weighted by Crippen LogP contribution is -2.41. The second-order valence-electron chi connectivity index (χ2n) is 6.55. The molecule has 0 saturated carbocycles. The molecule has 2 aromatic rings. The van der Waals surface area contributed by atoms with Gasteiger partial charge in [-0.1, -0.05) is 30.2 Å². The maximum Gasteiger partial charge on any atom is 0.334 e. The van der Waals surface area contributed by atoms with Crippen LogP contribution in [0.4, 0.5) is 0 Å². The molecule has 158 valence electrons. The van der Waals surface area contributed by atoms with Gasteiger partial charge in [0.1, 0.15) is 6.54 Å². The third-order valence-corrected chi connectivity index (χ3v) is 4.56. The van der Waals surface area contributed by atoms with Crippen LogP contribution in [0.3, 0.4) is 0 Å². The van der Waals surface area contributed by atoms with Crippen LogP contribution in [0.5, 0.6) is 5.88 Å². The van der Waals surface area contributed by atoms with E-state index in [2.05, 4.69) is 0 Å². The molecule has 0 saturated heterocycles. The zero-order valence-electron chi connectivity index (χ0n) is 16.3. The molecular formula is C20H25ClN2O6. The number of nitrogens with zero attached hydrogens (tertiary/aromatic N) is 2. The van der Waals surface area contributed by atoms with Crippen LogP contribution in [0, 0.1) is 0 Å². The van der Waals surface area contributed by atoms with Crippen molar-refractivity contribution in [2.24, 2.45) is 0 Å². The predicted molar refractivity (Wildman–Crippen MR) is 108 cm³/mol. The van der Waals surface area contributed by atoms with Crippen molar-refractivity contribution in [3.63, 3.8) is 0 Å². The SMILES string of the molecule is COCCCCCCOC(=O)Cn1c(=O)cc(O)n(Cc2ccc(Cl)cc2)c1=O. The fourth-order valence-electron chi connectivity index (χ4n) is 2.73. The molecule has 29 heavy (non-hydrogen) atoms. The van der Waals surface area contributed by atoms with Crippen molar-refractivity contribution in [3.8, 4) is 5.88 Å². The molecule has 2 rings (SSSR count). The van der Waals surface area contributed by atoms with Crippen molar-refractivity contribution < 1.29 is 19.4 Å². The van der Waals surface area contributed by atoms with Crippen LogP contribution < -0.4 is 11.2 Å². The predicted octanol–water partition coefficient (Wildman–Crippen LogP) is 2.17. The average molecular weight is 425 g/mol. The first-order valence-electron chi connectivity index (χ1n) is 9.35. The number of carbonyl (C=O) groups excluding carboxylic acids is 1. The zero-order chi connectivity index (χ0) is 21.2. The van der Waals surface area contributed by atoms with E-state index >= 15 is 0 Å². The summed E-state index contributed by atoms with van der Waals surface area (Å²) < 4.78 is 11.8.